The highest BCUT2D eigenvalue weighted by Crippen LogP contribution is 2.25. The van der Waals surface area contributed by atoms with E-state index in [0.717, 1.165) is 38.9 Å². The first-order chi connectivity index (χ1) is 9.33. The van der Waals surface area contributed by atoms with Crippen LogP contribution >= 0.6 is 0 Å². The van der Waals surface area contributed by atoms with E-state index >= 15 is 0 Å². The summed E-state index contributed by atoms with van der Waals surface area (Å²) in [5.41, 5.74) is 5.03. The van der Waals surface area contributed by atoms with Crippen LogP contribution in [0.15, 0.2) is 0 Å². The molecule has 1 rings (SSSR count). The number of amides is 1. The number of primary amides is 1. The molecule has 0 aromatic rings. The smallest absolute Gasteiger partial charge is 0.237 e. The van der Waals surface area contributed by atoms with Crippen molar-refractivity contribution in [3.63, 3.8) is 0 Å². The van der Waals surface area contributed by atoms with Gasteiger partial charge in [-0.15, -0.1) is 0 Å². The lowest BCUT2D eigenvalue weighted by Gasteiger charge is -2.28. The van der Waals surface area contributed by atoms with Crippen LogP contribution in [-0.2, 0) is 4.79 Å². The number of carbonyl (C=O) groups is 1. The summed E-state index contributed by atoms with van der Waals surface area (Å²) in [6, 6.07) is 0.510. The van der Waals surface area contributed by atoms with E-state index in [1.54, 1.807) is 0 Å². The third-order valence-electron chi connectivity index (χ3n) is 4.04. The van der Waals surface area contributed by atoms with Crippen molar-refractivity contribution in [1.82, 2.24) is 15.1 Å². The lowest BCUT2D eigenvalue weighted by Crippen LogP contribution is -2.54. The highest BCUT2D eigenvalue weighted by atomic mass is 16.1. The summed E-state index contributed by atoms with van der Waals surface area (Å²) in [4.78, 5) is 16.2. The molecule has 5 nitrogen and oxygen atoms in total. The lowest BCUT2D eigenvalue weighted by atomic mass is 9.93. The Balaban J connectivity index is 2.18. The SMILES string of the molecule is CN(C)CCN(C)CCCCC(C)(NC1CC1)C(N)=O. The highest BCUT2D eigenvalue weighted by Gasteiger charge is 2.36. The lowest BCUT2D eigenvalue weighted by molar-refractivity contribution is -0.124. The number of hydrogen-bond donors (Lipinski definition) is 2. The number of nitrogens with two attached hydrogens (primary N) is 1. The van der Waals surface area contributed by atoms with Crippen LogP contribution in [0.2, 0.25) is 0 Å². The average Bonchev–Trinajstić information content (AvgIpc) is 3.15. The molecule has 1 fully saturated rings. The van der Waals surface area contributed by atoms with Gasteiger partial charge in [-0.3, -0.25) is 4.79 Å². The highest BCUT2D eigenvalue weighted by molar-refractivity contribution is 5.84. The standard InChI is InChI=1S/C15H32N4O/c1-15(14(16)20,17-13-7-8-13)9-5-6-10-19(4)12-11-18(2)3/h13,17H,5-12H2,1-4H3,(H2,16,20). The van der Waals surface area contributed by atoms with Crippen molar-refractivity contribution in [2.45, 2.75) is 50.6 Å². The molecule has 0 spiro atoms. The molecule has 1 aliphatic carbocycles. The van der Waals surface area contributed by atoms with Gasteiger partial charge in [-0.2, -0.15) is 0 Å². The van der Waals surface area contributed by atoms with E-state index in [9.17, 15) is 4.79 Å². The van der Waals surface area contributed by atoms with E-state index in [0.29, 0.717) is 6.04 Å². The third-order valence-corrected chi connectivity index (χ3v) is 4.04. The summed E-state index contributed by atoms with van der Waals surface area (Å²) in [5, 5.41) is 3.40. The van der Waals surface area contributed by atoms with Crippen molar-refractivity contribution in [3.8, 4) is 0 Å². The van der Waals surface area contributed by atoms with Gasteiger partial charge in [-0.25, -0.2) is 0 Å². The van der Waals surface area contributed by atoms with E-state index in [2.05, 4.69) is 36.3 Å². The van der Waals surface area contributed by atoms with Crippen molar-refractivity contribution in [1.29, 1.82) is 0 Å². The number of unbranched alkanes of at least 4 members (excludes halogenated alkanes) is 1. The third kappa shape index (κ3) is 6.68. The van der Waals surface area contributed by atoms with Crippen LogP contribution < -0.4 is 11.1 Å². The summed E-state index contributed by atoms with van der Waals surface area (Å²) < 4.78 is 0. The molecule has 1 aliphatic rings. The number of nitrogens with one attached hydrogen (secondary N) is 1. The summed E-state index contributed by atoms with van der Waals surface area (Å²) in [7, 11) is 6.34. The molecule has 1 atom stereocenters. The topological polar surface area (TPSA) is 61.6 Å². The maximum atomic E-state index is 11.6. The molecule has 1 unspecified atom stereocenters. The Labute approximate surface area is 123 Å². The Kier molecular flexibility index (Phi) is 6.92. The molecule has 1 amide bonds. The summed E-state index contributed by atoms with van der Waals surface area (Å²) >= 11 is 0. The van der Waals surface area contributed by atoms with Crippen LogP contribution in [-0.4, -0.2) is 68.1 Å². The number of hydrogen-bond acceptors (Lipinski definition) is 4. The van der Waals surface area contributed by atoms with Gasteiger partial charge < -0.3 is 20.9 Å². The van der Waals surface area contributed by atoms with E-state index in [1.165, 1.54) is 12.8 Å². The van der Waals surface area contributed by atoms with Gasteiger partial charge in [0.25, 0.3) is 0 Å². The van der Waals surface area contributed by atoms with Crippen LogP contribution in [0.1, 0.15) is 39.0 Å². The van der Waals surface area contributed by atoms with Gasteiger partial charge in [-0.1, -0.05) is 0 Å². The molecule has 0 heterocycles. The summed E-state index contributed by atoms with van der Waals surface area (Å²) in [6.45, 7) is 5.19. The van der Waals surface area contributed by atoms with E-state index in [-0.39, 0.29) is 5.91 Å². The normalized spacial score (nSPS) is 18.5. The first-order valence-electron chi connectivity index (χ1n) is 7.74. The molecule has 0 radical (unpaired) electrons. The first kappa shape index (κ1) is 17.4. The van der Waals surface area contributed by atoms with Crippen LogP contribution in [0.5, 0.6) is 0 Å². The number of likely N-dealkylation sites (N-methyl/N-ethyl adjacent to an activating group) is 2. The Morgan fingerprint density at radius 2 is 1.85 bits per heavy atom. The van der Waals surface area contributed by atoms with Gasteiger partial charge in [0.15, 0.2) is 0 Å². The molecule has 118 valence electrons. The Morgan fingerprint density at radius 3 is 2.35 bits per heavy atom. The minimum absolute atomic E-state index is 0.217. The average molecular weight is 284 g/mol. The van der Waals surface area contributed by atoms with Crippen molar-refractivity contribution in [2.24, 2.45) is 5.73 Å². The quantitative estimate of drug-likeness (QED) is 0.547. The fraction of sp³-hybridized carbons (Fsp3) is 0.933. The number of rotatable bonds is 11. The molecular formula is C15H32N4O. The molecule has 0 aliphatic heterocycles. The number of carbonyl (C=O) groups excluding carboxylic acids is 1. The van der Waals surface area contributed by atoms with Crippen molar-refractivity contribution >= 4 is 5.91 Å². The van der Waals surface area contributed by atoms with Crippen LogP contribution in [0, 0.1) is 0 Å². The van der Waals surface area contributed by atoms with Gasteiger partial charge in [0.1, 0.15) is 0 Å². The van der Waals surface area contributed by atoms with Gasteiger partial charge in [0.05, 0.1) is 5.54 Å². The van der Waals surface area contributed by atoms with Gasteiger partial charge >= 0.3 is 0 Å². The second-order valence-corrected chi connectivity index (χ2v) is 6.68. The maximum absolute atomic E-state index is 11.6. The zero-order valence-corrected chi connectivity index (χ0v) is 13.6. The molecule has 3 N–H and O–H groups in total. The molecule has 1 saturated carbocycles. The summed E-state index contributed by atoms with van der Waals surface area (Å²) in [5.74, 6) is -0.217. The maximum Gasteiger partial charge on any atom is 0.237 e. The van der Waals surface area contributed by atoms with Crippen LogP contribution in [0.4, 0.5) is 0 Å². The molecule has 0 aromatic heterocycles. The Hall–Kier alpha value is -0.650. The van der Waals surface area contributed by atoms with Gasteiger partial charge in [0, 0.05) is 19.1 Å². The molecule has 5 heteroatoms. The first-order valence-corrected chi connectivity index (χ1v) is 7.74. The second-order valence-electron chi connectivity index (χ2n) is 6.68. The molecular weight excluding hydrogens is 252 g/mol. The minimum atomic E-state index is -0.524. The predicted molar refractivity (Wildman–Crippen MR) is 83.7 cm³/mol. The zero-order chi connectivity index (χ0) is 15.2. The van der Waals surface area contributed by atoms with E-state index in [4.69, 9.17) is 5.73 Å². The fourth-order valence-electron chi connectivity index (χ4n) is 2.29. The minimum Gasteiger partial charge on any atom is -0.368 e. The van der Waals surface area contributed by atoms with E-state index in [1.807, 2.05) is 6.92 Å². The summed E-state index contributed by atoms with van der Waals surface area (Å²) in [6.07, 6.45) is 5.33. The zero-order valence-electron chi connectivity index (χ0n) is 13.6. The second kappa shape index (κ2) is 7.96. The van der Waals surface area contributed by atoms with Crippen molar-refractivity contribution < 1.29 is 4.79 Å². The van der Waals surface area contributed by atoms with Crippen molar-refractivity contribution in [2.75, 3.05) is 40.8 Å². The number of nitrogens with zero attached hydrogens (tertiary/aromatic N) is 2. The Bertz CT molecular complexity index is 304. The van der Waals surface area contributed by atoms with Crippen LogP contribution in [0.25, 0.3) is 0 Å². The van der Waals surface area contributed by atoms with Crippen molar-refractivity contribution in [3.05, 3.63) is 0 Å². The molecule has 20 heavy (non-hydrogen) atoms. The monoisotopic (exact) mass is 284 g/mol. The molecule has 0 aromatic carbocycles. The Morgan fingerprint density at radius 1 is 1.20 bits per heavy atom. The van der Waals surface area contributed by atoms with E-state index < -0.39 is 5.54 Å². The molecule has 0 saturated heterocycles. The fourth-order valence-corrected chi connectivity index (χ4v) is 2.29. The predicted octanol–water partition coefficient (Wildman–Crippen LogP) is 0.646. The molecule has 0 bridgehead atoms. The van der Waals surface area contributed by atoms with Crippen LogP contribution in [0.3, 0.4) is 0 Å². The van der Waals surface area contributed by atoms with Gasteiger partial charge in [-0.05, 0) is 66.7 Å². The van der Waals surface area contributed by atoms with Gasteiger partial charge in [0.2, 0.25) is 5.91 Å². The largest absolute Gasteiger partial charge is 0.368 e.